The van der Waals surface area contributed by atoms with Gasteiger partial charge in [-0.05, 0) is 31.1 Å². The number of rotatable bonds is 1. The molecule has 0 aromatic rings. The van der Waals surface area contributed by atoms with Crippen LogP contribution in [0.25, 0.3) is 0 Å². The zero-order valence-electron chi connectivity index (χ0n) is 7.10. The first-order valence-corrected chi connectivity index (χ1v) is 6.31. The Kier molecular flexibility index (Phi) is 1.74. The molecule has 0 amide bonds. The first kappa shape index (κ1) is 8.51. The van der Waals surface area contributed by atoms with Crippen molar-refractivity contribution in [2.75, 3.05) is 6.26 Å². The van der Waals surface area contributed by atoms with E-state index in [0.717, 1.165) is 6.42 Å². The van der Waals surface area contributed by atoms with Crippen molar-refractivity contribution in [3.05, 3.63) is 0 Å². The van der Waals surface area contributed by atoms with Crippen LogP contribution in [0.1, 0.15) is 19.3 Å². The lowest BCUT2D eigenvalue weighted by atomic mass is 9.97. The summed E-state index contributed by atoms with van der Waals surface area (Å²) in [5, 5.41) is 9.25. The molecule has 0 radical (unpaired) electrons. The van der Waals surface area contributed by atoms with Crippen LogP contribution < -0.4 is 0 Å². The number of sulfone groups is 1. The van der Waals surface area contributed by atoms with Crippen LogP contribution in [0.15, 0.2) is 0 Å². The van der Waals surface area contributed by atoms with Crippen LogP contribution in [0.3, 0.4) is 0 Å². The molecule has 2 rings (SSSR count). The predicted octanol–water partition coefficient (Wildman–Crippen LogP) is 0.190. The van der Waals surface area contributed by atoms with Gasteiger partial charge in [0, 0.05) is 6.26 Å². The highest BCUT2D eigenvalue weighted by Crippen LogP contribution is 2.47. The minimum absolute atomic E-state index is 0.161. The maximum atomic E-state index is 11.2. The summed E-state index contributed by atoms with van der Waals surface area (Å²) < 4.78 is 22.5. The van der Waals surface area contributed by atoms with Crippen molar-refractivity contribution in [2.24, 2.45) is 11.8 Å². The van der Waals surface area contributed by atoms with Gasteiger partial charge < -0.3 is 5.11 Å². The van der Waals surface area contributed by atoms with Crippen LogP contribution >= 0.6 is 0 Å². The summed E-state index contributed by atoms with van der Waals surface area (Å²) in [5.74, 6) is 0.495. The van der Waals surface area contributed by atoms with E-state index >= 15 is 0 Å². The van der Waals surface area contributed by atoms with Crippen molar-refractivity contribution in [2.45, 2.75) is 30.6 Å². The number of fused-ring (bicyclic) bond motifs is 2. The zero-order valence-corrected chi connectivity index (χ0v) is 7.92. The average molecular weight is 190 g/mol. The highest BCUT2D eigenvalue weighted by atomic mass is 32.2. The van der Waals surface area contributed by atoms with E-state index < -0.39 is 9.84 Å². The second kappa shape index (κ2) is 2.45. The first-order chi connectivity index (χ1) is 5.48. The maximum absolute atomic E-state index is 11.2. The quantitative estimate of drug-likeness (QED) is 0.642. The Labute approximate surface area is 72.7 Å². The predicted molar refractivity (Wildman–Crippen MR) is 45.5 cm³/mol. The molecule has 2 bridgehead atoms. The molecular formula is C8H14O3S. The average Bonchev–Trinajstić information content (AvgIpc) is 2.41. The fourth-order valence-corrected chi connectivity index (χ4v) is 4.24. The maximum Gasteiger partial charge on any atom is 0.150 e. The zero-order chi connectivity index (χ0) is 8.93. The van der Waals surface area contributed by atoms with Gasteiger partial charge in [-0.2, -0.15) is 0 Å². The molecule has 2 aliphatic carbocycles. The summed E-state index contributed by atoms with van der Waals surface area (Å²) in [4.78, 5) is 0. The molecule has 4 heteroatoms. The second-order valence-electron chi connectivity index (χ2n) is 4.16. The van der Waals surface area contributed by atoms with Gasteiger partial charge in [0.05, 0.1) is 11.4 Å². The summed E-state index contributed by atoms with van der Waals surface area (Å²) in [7, 11) is -2.87. The molecule has 0 saturated heterocycles. The minimum Gasteiger partial charge on any atom is -0.393 e. The SMILES string of the molecule is CS(=O)(=O)[C@@H]1C[C@H]2C[C@@H]1C[C@@H]2O. The fraction of sp³-hybridized carbons (Fsp3) is 1.00. The van der Waals surface area contributed by atoms with Gasteiger partial charge in [0.25, 0.3) is 0 Å². The third-order valence-corrected chi connectivity index (χ3v) is 4.98. The van der Waals surface area contributed by atoms with Crippen LogP contribution in [0, 0.1) is 11.8 Å². The number of hydrogen-bond acceptors (Lipinski definition) is 3. The second-order valence-corrected chi connectivity index (χ2v) is 6.43. The fourth-order valence-electron chi connectivity index (χ4n) is 2.72. The summed E-state index contributed by atoms with van der Waals surface area (Å²) in [6.45, 7) is 0. The number of aliphatic hydroxyl groups is 1. The molecule has 2 aliphatic rings. The third-order valence-electron chi connectivity index (χ3n) is 3.30. The van der Waals surface area contributed by atoms with Gasteiger partial charge >= 0.3 is 0 Å². The molecule has 12 heavy (non-hydrogen) atoms. The Morgan fingerprint density at radius 3 is 2.17 bits per heavy atom. The van der Waals surface area contributed by atoms with Gasteiger partial charge in [0.2, 0.25) is 0 Å². The van der Waals surface area contributed by atoms with Crippen LogP contribution in [0.4, 0.5) is 0 Å². The van der Waals surface area contributed by atoms with Crippen molar-refractivity contribution in [1.29, 1.82) is 0 Å². The largest absolute Gasteiger partial charge is 0.393 e. The Bertz CT molecular complexity index is 281. The van der Waals surface area contributed by atoms with Gasteiger partial charge in [0.15, 0.2) is 9.84 Å². The number of hydrogen-bond donors (Lipinski definition) is 1. The topological polar surface area (TPSA) is 54.4 Å². The van der Waals surface area contributed by atoms with E-state index in [0.29, 0.717) is 12.8 Å². The molecular weight excluding hydrogens is 176 g/mol. The Morgan fingerprint density at radius 1 is 1.17 bits per heavy atom. The van der Waals surface area contributed by atoms with E-state index in [-0.39, 0.29) is 23.2 Å². The van der Waals surface area contributed by atoms with E-state index in [1.54, 1.807) is 0 Å². The van der Waals surface area contributed by atoms with Crippen LogP contribution in [-0.4, -0.2) is 31.1 Å². The van der Waals surface area contributed by atoms with Crippen molar-refractivity contribution in [3.63, 3.8) is 0 Å². The van der Waals surface area contributed by atoms with Gasteiger partial charge in [0.1, 0.15) is 0 Å². The minimum atomic E-state index is -2.87. The Hall–Kier alpha value is -0.0900. The molecule has 0 aromatic heterocycles. The summed E-state index contributed by atoms with van der Waals surface area (Å²) in [5.41, 5.74) is 0. The van der Waals surface area contributed by atoms with E-state index in [9.17, 15) is 13.5 Å². The van der Waals surface area contributed by atoms with E-state index in [4.69, 9.17) is 0 Å². The third kappa shape index (κ3) is 1.17. The molecule has 70 valence electrons. The molecule has 0 unspecified atom stereocenters. The molecule has 0 aromatic carbocycles. The summed E-state index contributed by atoms with van der Waals surface area (Å²) in [6, 6.07) is 0. The van der Waals surface area contributed by atoms with Crippen LogP contribution in [0.5, 0.6) is 0 Å². The monoisotopic (exact) mass is 190 g/mol. The highest BCUT2D eigenvalue weighted by Gasteiger charge is 2.48. The molecule has 2 fully saturated rings. The molecule has 3 nitrogen and oxygen atoms in total. The van der Waals surface area contributed by atoms with Crippen LogP contribution in [0.2, 0.25) is 0 Å². The van der Waals surface area contributed by atoms with Gasteiger partial charge in [-0.3, -0.25) is 0 Å². The van der Waals surface area contributed by atoms with Gasteiger partial charge in [-0.25, -0.2) is 8.42 Å². The molecule has 4 atom stereocenters. The van der Waals surface area contributed by atoms with Crippen LogP contribution in [-0.2, 0) is 9.84 Å². The Balaban J connectivity index is 2.18. The van der Waals surface area contributed by atoms with Crippen molar-refractivity contribution in [3.8, 4) is 0 Å². The van der Waals surface area contributed by atoms with E-state index in [2.05, 4.69) is 0 Å². The lowest BCUT2D eigenvalue weighted by Crippen LogP contribution is -2.31. The van der Waals surface area contributed by atoms with Crippen molar-refractivity contribution >= 4 is 9.84 Å². The summed E-state index contributed by atoms with van der Waals surface area (Å²) in [6.07, 6.45) is 3.38. The molecule has 0 spiro atoms. The van der Waals surface area contributed by atoms with Gasteiger partial charge in [-0.1, -0.05) is 0 Å². The smallest absolute Gasteiger partial charge is 0.150 e. The summed E-state index contributed by atoms with van der Waals surface area (Å²) >= 11 is 0. The normalized spacial score (nSPS) is 46.8. The lowest BCUT2D eigenvalue weighted by Gasteiger charge is -2.23. The van der Waals surface area contributed by atoms with E-state index in [1.807, 2.05) is 0 Å². The first-order valence-electron chi connectivity index (χ1n) is 4.35. The molecule has 0 aliphatic heterocycles. The molecule has 0 heterocycles. The number of aliphatic hydroxyl groups excluding tert-OH is 1. The molecule has 2 saturated carbocycles. The standard InChI is InChI=1S/C8H14O3S/c1-12(10,11)8-4-5-2-6(8)3-7(5)9/h5-9H,2-4H2,1H3/t5-,6-,7+,8-/m1/s1. The van der Waals surface area contributed by atoms with E-state index in [1.165, 1.54) is 6.26 Å². The highest BCUT2D eigenvalue weighted by molar-refractivity contribution is 7.91. The Morgan fingerprint density at radius 2 is 1.83 bits per heavy atom. The molecule has 1 N–H and O–H groups in total. The van der Waals surface area contributed by atoms with Crippen molar-refractivity contribution in [1.82, 2.24) is 0 Å². The lowest BCUT2D eigenvalue weighted by molar-refractivity contribution is 0.114. The van der Waals surface area contributed by atoms with Crippen molar-refractivity contribution < 1.29 is 13.5 Å². The van der Waals surface area contributed by atoms with Gasteiger partial charge in [-0.15, -0.1) is 0 Å².